The zero-order valence-corrected chi connectivity index (χ0v) is 12.5. The van der Waals surface area contributed by atoms with E-state index in [2.05, 4.69) is 10.0 Å². The minimum atomic E-state index is -3.17. The quantitative estimate of drug-likeness (QED) is 0.591. The molecule has 0 spiro atoms. The molecule has 18 heavy (non-hydrogen) atoms. The maximum atomic E-state index is 11.6. The third-order valence-corrected chi connectivity index (χ3v) is 4.34. The van der Waals surface area contributed by atoms with Crippen molar-refractivity contribution in [1.29, 1.82) is 0 Å². The van der Waals surface area contributed by atoms with E-state index in [0.29, 0.717) is 13.0 Å². The molecule has 108 valence electrons. The van der Waals surface area contributed by atoms with Crippen LogP contribution in [0.3, 0.4) is 0 Å². The van der Waals surface area contributed by atoms with E-state index in [1.54, 1.807) is 0 Å². The van der Waals surface area contributed by atoms with Crippen molar-refractivity contribution < 1.29 is 13.2 Å². The Morgan fingerprint density at radius 1 is 1.11 bits per heavy atom. The Bertz CT molecular complexity index is 324. The summed E-state index contributed by atoms with van der Waals surface area (Å²) in [6.07, 6.45) is 3.14. The van der Waals surface area contributed by atoms with E-state index in [1.807, 2.05) is 20.8 Å². The molecular formula is C12H26N2O3S. The largest absolute Gasteiger partial charge is 0.355 e. The van der Waals surface area contributed by atoms with Gasteiger partial charge >= 0.3 is 0 Å². The Morgan fingerprint density at radius 3 is 2.22 bits per heavy atom. The predicted molar refractivity (Wildman–Crippen MR) is 73.8 cm³/mol. The average Bonchev–Trinajstić information content (AvgIpc) is 2.34. The van der Waals surface area contributed by atoms with E-state index in [4.69, 9.17) is 0 Å². The molecule has 0 aromatic rings. The third-order valence-electron chi connectivity index (χ3n) is 2.87. The van der Waals surface area contributed by atoms with Crippen LogP contribution in [-0.4, -0.2) is 33.2 Å². The van der Waals surface area contributed by atoms with Gasteiger partial charge in [0.15, 0.2) is 0 Å². The predicted octanol–water partition coefficient (Wildman–Crippen LogP) is 1.26. The van der Waals surface area contributed by atoms with Crippen LogP contribution in [0.1, 0.15) is 46.5 Å². The van der Waals surface area contributed by atoms with Crippen LogP contribution in [0.15, 0.2) is 0 Å². The number of hydrogen-bond acceptors (Lipinski definition) is 3. The molecule has 0 unspecified atom stereocenters. The summed E-state index contributed by atoms with van der Waals surface area (Å²) in [6, 6.07) is 0. The summed E-state index contributed by atoms with van der Waals surface area (Å²) in [5.41, 5.74) is 0. The highest BCUT2D eigenvalue weighted by Crippen LogP contribution is 2.06. The highest BCUT2D eigenvalue weighted by atomic mass is 32.2. The molecule has 0 saturated heterocycles. The fraction of sp³-hybridized carbons (Fsp3) is 0.917. The minimum Gasteiger partial charge on any atom is -0.355 e. The Labute approximate surface area is 111 Å². The van der Waals surface area contributed by atoms with Gasteiger partial charge in [0, 0.05) is 19.0 Å². The number of sulfonamides is 1. The summed E-state index contributed by atoms with van der Waals surface area (Å²) < 4.78 is 25.4. The van der Waals surface area contributed by atoms with Gasteiger partial charge in [0.25, 0.3) is 0 Å². The molecule has 0 aliphatic rings. The molecule has 0 heterocycles. The van der Waals surface area contributed by atoms with Crippen molar-refractivity contribution in [1.82, 2.24) is 10.0 Å². The SMILES string of the molecule is CCCCS(=O)(=O)NCCNC(=O)C(CC)CC. The first-order valence-corrected chi connectivity index (χ1v) is 8.37. The summed E-state index contributed by atoms with van der Waals surface area (Å²) in [7, 11) is -3.17. The second-order valence-electron chi connectivity index (χ2n) is 4.37. The summed E-state index contributed by atoms with van der Waals surface area (Å²) >= 11 is 0. The Hall–Kier alpha value is -0.620. The lowest BCUT2D eigenvalue weighted by atomic mass is 10.0. The molecule has 5 nitrogen and oxygen atoms in total. The zero-order chi connectivity index (χ0) is 14.0. The maximum Gasteiger partial charge on any atom is 0.223 e. The van der Waals surface area contributed by atoms with Gasteiger partial charge in [-0.2, -0.15) is 0 Å². The first-order chi connectivity index (χ1) is 8.46. The van der Waals surface area contributed by atoms with Crippen LogP contribution in [0.25, 0.3) is 0 Å². The molecule has 6 heteroatoms. The van der Waals surface area contributed by atoms with Crippen LogP contribution < -0.4 is 10.0 Å². The van der Waals surface area contributed by atoms with Crippen molar-refractivity contribution >= 4 is 15.9 Å². The topological polar surface area (TPSA) is 75.3 Å². The van der Waals surface area contributed by atoms with Crippen LogP contribution in [-0.2, 0) is 14.8 Å². The smallest absolute Gasteiger partial charge is 0.223 e. The number of nitrogens with one attached hydrogen (secondary N) is 2. The molecule has 2 N–H and O–H groups in total. The van der Waals surface area contributed by atoms with Gasteiger partial charge in [0.2, 0.25) is 15.9 Å². The molecule has 0 aromatic carbocycles. The van der Waals surface area contributed by atoms with Gasteiger partial charge in [0.1, 0.15) is 0 Å². The molecule has 1 amide bonds. The molecule has 0 aliphatic heterocycles. The summed E-state index contributed by atoms with van der Waals surface area (Å²) in [4.78, 5) is 11.6. The van der Waals surface area contributed by atoms with Gasteiger partial charge in [-0.05, 0) is 19.3 Å². The molecule has 0 bridgehead atoms. The average molecular weight is 278 g/mol. The van der Waals surface area contributed by atoms with Gasteiger partial charge < -0.3 is 5.32 Å². The molecule has 0 aliphatic carbocycles. The lowest BCUT2D eigenvalue weighted by Gasteiger charge is -2.13. The fourth-order valence-electron chi connectivity index (χ4n) is 1.60. The summed E-state index contributed by atoms with van der Waals surface area (Å²) in [5, 5.41) is 2.75. The van der Waals surface area contributed by atoms with Crippen molar-refractivity contribution in [2.45, 2.75) is 46.5 Å². The Balaban J connectivity index is 3.82. The highest BCUT2D eigenvalue weighted by Gasteiger charge is 2.13. The van der Waals surface area contributed by atoms with E-state index in [9.17, 15) is 13.2 Å². The zero-order valence-electron chi connectivity index (χ0n) is 11.7. The lowest BCUT2D eigenvalue weighted by molar-refractivity contribution is -0.125. The first kappa shape index (κ1) is 17.4. The number of unbranched alkanes of at least 4 members (excludes halogenated alkanes) is 1. The summed E-state index contributed by atoms with van der Waals surface area (Å²) in [5.74, 6) is 0.193. The van der Waals surface area contributed by atoms with Crippen LogP contribution >= 0.6 is 0 Å². The number of hydrogen-bond donors (Lipinski definition) is 2. The van der Waals surface area contributed by atoms with Crippen LogP contribution in [0, 0.1) is 5.92 Å². The van der Waals surface area contributed by atoms with Crippen molar-refractivity contribution in [2.24, 2.45) is 5.92 Å². The fourth-order valence-corrected chi connectivity index (χ4v) is 2.83. The van der Waals surface area contributed by atoms with Crippen LogP contribution in [0.2, 0.25) is 0 Å². The van der Waals surface area contributed by atoms with Crippen molar-refractivity contribution in [3.8, 4) is 0 Å². The van der Waals surface area contributed by atoms with Crippen molar-refractivity contribution in [2.75, 3.05) is 18.8 Å². The van der Waals surface area contributed by atoms with Gasteiger partial charge in [-0.25, -0.2) is 13.1 Å². The van der Waals surface area contributed by atoms with Gasteiger partial charge in [-0.15, -0.1) is 0 Å². The number of rotatable bonds is 10. The first-order valence-electron chi connectivity index (χ1n) is 6.71. The van der Waals surface area contributed by atoms with Gasteiger partial charge in [-0.1, -0.05) is 27.2 Å². The van der Waals surface area contributed by atoms with Crippen molar-refractivity contribution in [3.05, 3.63) is 0 Å². The summed E-state index contributed by atoms with van der Waals surface area (Å²) in [6.45, 7) is 6.51. The second-order valence-corrected chi connectivity index (χ2v) is 6.30. The van der Waals surface area contributed by atoms with Crippen molar-refractivity contribution in [3.63, 3.8) is 0 Å². The number of carbonyl (C=O) groups excluding carboxylic acids is 1. The molecule has 0 rings (SSSR count). The monoisotopic (exact) mass is 278 g/mol. The molecule has 0 atom stereocenters. The molecule has 0 aromatic heterocycles. The third kappa shape index (κ3) is 7.66. The molecular weight excluding hydrogens is 252 g/mol. The van der Waals surface area contributed by atoms with Crippen LogP contribution in [0.5, 0.6) is 0 Å². The Morgan fingerprint density at radius 2 is 1.72 bits per heavy atom. The van der Waals surface area contributed by atoms with E-state index < -0.39 is 10.0 Å². The van der Waals surface area contributed by atoms with E-state index in [-0.39, 0.29) is 24.1 Å². The van der Waals surface area contributed by atoms with Gasteiger partial charge in [-0.3, -0.25) is 4.79 Å². The molecule has 0 saturated carbocycles. The van der Waals surface area contributed by atoms with Crippen LogP contribution in [0.4, 0.5) is 0 Å². The van der Waals surface area contributed by atoms with E-state index in [1.165, 1.54) is 0 Å². The molecule has 0 radical (unpaired) electrons. The van der Waals surface area contributed by atoms with E-state index in [0.717, 1.165) is 19.3 Å². The van der Waals surface area contributed by atoms with Gasteiger partial charge in [0.05, 0.1) is 5.75 Å². The standard InChI is InChI=1S/C12H26N2O3S/c1-4-7-10-18(16,17)14-9-8-13-12(15)11(5-2)6-3/h11,14H,4-10H2,1-3H3,(H,13,15). The number of amides is 1. The minimum absolute atomic E-state index is 0.00718. The molecule has 0 fully saturated rings. The second kappa shape index (κ2) is 9.33. The lowest BCUT2D eigenvalue weighted by Crippen LogP contribution is -2.38. The Kier molecular flexibility index (Phi) is 9.01. The maximum absolute atomic E-state index is 11.6. The normalized spacial score (nSPS) is 11.8. The highest BCUT2D eigenvalue weighted by molar-refractivity contribution is 7.89. The number of carbonyl (C=O) groups is 1. The van der Waals surface area contributed by atoms with E-state index >= 15 is 0 Å².